The standard InChI is InChI=1S/C16H34N4/c1-4-17-16(19-14-15(2)3)18-10-9-13-20-11-7-5-6-8-12-20/h15H,4-14H2,1-3H3,(H2,17,18,19). The lowest BCUT2D eigenvalue weighted by atomic mass is 10.2. The first kappa shape index (κ1) is 17.3. The van der Waals surface area contributed by atoms with Gasteiger partial charge in [0.05, 0.1) is 0 Å². The highest BCUT2D eigenvalue weighted by Crippen LogP contribution is 2.09. The molecule has 20 heavy (non-hydrogen) atoms. The summed E-state index contributed by atoms with van der Waals surface area (Å²) >= 11 is 0. The van der Waals surface area contributed by atoms with Crippen LogP contribution >= 0.6 is 0 Å². The van der Waals surface area contributed by atoms with E-state index in [9.17, 15) is 0 Å². The second-order valence-corrected chi connectivity index (χ2v) is 6.15. The molecule has 0 radical (unpaired) electrons. The third-order valence-electron chi connectivity index (χ3n) is 3.60. The fourth-order valence-corrected chi connectivity index (χ4v) is 2.48. The normalized spacial score (nSPS) is 18.1. The van der Waals surface area contributed by atoms with Crippen molar-refractivity contribution in [3.05, 3.63) is 0 Å². The van der Waals surface area contributed by atoms with Gasteiger partial charge in [-0.3, -0.25) is 4.99 Å². The van der Waals surface area contributed by atoms with Crippen LogP contribution in [0, 0.1) is 5.92 Å². The van der Waals surface area contributed by atoms with E-state index in [0.29, 0.717) is 5.92 Å². The van der Waals surface area contributed by atoms with E-state index < -0.39 is 0 Å². The third-order valence-corrected chi connectivity index (χ3v) is 3.60. The van der Waals surface area contributed by atoms with Gasteiger partial charge in [-0.1, -0.05) is 26.7 Å². The zero-order valence-electron chi connectivity index (χ0n) is 13.7. The van der Waals surface area contributed by atoms with Crippen molar-refractivity contribution in [3.63, 3.8) is 0 Å². The molecule has 0 bridgehead atoms. The average Bonchev–Trinajstić information content (AvgIpc) is 2.69. The lowest BCUT2D eigenvalue weighted by Gasteiger charge is -2.20. The van der Waals surface area contributed by atoms with Crippen LogP contribution in [0.15, 0.2) is 4.99 Å². The molecule has 0 amide bonds. The Hall–Kier alpha value is -0.770. The first-order chi connectivity index (χ1) is 9.72. The zero-order chi connectivity index (χ0) is 14.6. The first-order valence-corrected chi connectivity index (χ1v) is 8.47. The second kappa shape index (κ2) is 11.0. The number of guanidine groups is 1. The molecule has 0 saturated carbocycles. The summed E-state index contributed by atoms with van der Waals surface area (Å²) in [6.45, 7) is 13.2. The zero-order valence-corrected chi connectivity index (χ0v) is 13.7. The number of nitrogens with zero attached hydrogens (tertiary/aromatic N) is 2. The third kappa shape index (κ3) is 8.41. The van der Waals surface area contributed by atoms with Gasteiger partial charge >= 0.3 is 0 Å². The predicted molar refractivity (Wildman–Crippen MR) is 88.3 cm³/mol. The van der Waals surface area contributed by atoms with Gasteiger partial charge in [0.2, 0.25) is 0 Å². The molecular weight excluding hydrogens is 248 g/mol. The lowest BCUT2D eigenvalue weighted by Crippen LogP contribution is -2.39. The van der Waals surface area contributed by atoms with E-state index in [2.05, 4.69) is 41.3 Å². The minimum atomic E-state index is 0.613. The number of rotatable bonds is 7. The minimum absolute atomic E-state index is 0.613. The monoisotopic (exact) mass is 282 g/mol. The lowest BCUT2D eigenvalue weighted by molar-refractivity contribution is 0.282. The molecule has 1 heterocycles. The van der Waals surface area contributed by atoms with Gasteiger partial charge in [0.25, 0.3) is 0 Å². The van der Waals surface area contributed by atoms with Crippen LogP contribution in [-0.2, 0) is 0 Å². The van der Waals surface area contributed by atoms with Gasteiger partial charge in [0.1, 0.15) is 0 Å². The summed E-state index contributed by atoms with van der Waals surface area (Å²) in [5, 5.41) is 6.76. The van der Waals surface area contributed by atoms with E-state index in [1.807, 2.05) is 0 Å². The maximum Gasteiger partial charge on any atom is 0.191 e. The van der Waals surface area contributed by atoms with Crippen LogP contribution in [0.3, 0.4) is 0 Å². The quantitative estimate of drug-likeness (QED) is 0.428. The maximum absolute atomic E-state index is 4.59. The Bertz CT molecular complexity index is 255. The molecule has 0 unspecified atom stereocenters. The first-order valence-electron chi connectivity index (χ1n) is 8.47. The van der Waals surface area contributed by atoms with E-state index in [1.54, 1.807) is 0 Å². The van der Waals surface area contributed by atoms with Gasteiger partial charge in [-0.25, -0.2) is 0 Å². The SMILES string of the molecule is CCNC(=NCC(C)C)NCCCN1CCCCCC1. The maximum atomic E-state index is 4.59. The Kier molecular flexibility index (Phi) is 9.46. The van der Waals surface area contributed by atoms with Gasteiger partial charge in [0, 0.05) is 19.6 Å². The van der Waals surface area contributed by atoms with Crippen LogP contribution in [0.2, 0.25) is 0 Å². The smallest absolute Gasteiger partial charge is 0.191 e. The Morgan fingerprint density at radius 2 is 1.80 bits per heavy atom. The Labute approximate surface area is 125 Å². The Balaban J connectivity index is 2.17. The molecule has 0 aromatic carbocycles. The van der Waals surface area contributed by atoms with Crippen molar-refractivity contribution in [3.8, 4) is 0 Å². The highest BCUT2D eigenvalue weighted by atomic mass is 15.2. The van der Waals surface area contributed by atoms with Gasteiger partial charge in [-0.2, -0.15) is 0 Å². The summed E-state index contributed by atoms with van der Waals surface area (Å²) in [6.07, 6.45) is 6.80. The Morgan fingerprint density at radius 3 is 2.40 bits per heavy atom. The van der Waals surface area contributed by atoms with Crippen molar-refractivity contribution >= 4 is 5.96 Å². The molecular formula is C16H34N4. The molecule has 0 spiro atoms. The molecule has 0 atom stereocenters. The van der Waals surface area contributed by atoms with Gasteiger partial charge in [-0.15, -0.1) is 0 Å². The summed E-state index contributed by atoms with van der Waals surface area (Å²) in [4.78, 5) is 7.21. The van der Waals surface area contributed by atoms with Crippen molar-refractivity contribution in [2.75, 3.05) is 39.3 Å². The fraction of sp³-hybridized carbons (Fsp3) is 0.938. The van der Waals surface area contributed by atoms with Crippen molar-refractivity contribution in [2.24, 2.45) is 10.9 Å². The predicted octanol–water partition coefficient (Wildman–Crippen LogP) is 2.46. The molecule has 0 aromatic rings. The van der Waals surface area contributed by atoms with Crippen LogP contribution in [0.25, 0.3) is 0 Å². The molecule has 4 nitrogen and oxygen atoms in total. The van der Waals surface area contributed by atoms with E-state index in [4.69, 9.17) is 0 Å². The Morgan fingerprint density at radius 1 is 1.10 bits per heavy atom. The van der Waals surface area contributed by atoms with Crippen molar-refractivity contribution in [1.82, 2.24) is 15.5 Å². The summed E-state index contributed by atoms with van der Waals surface area (Å²) < 4.78 is 0. The summed E-state index contributed by atoms with van der Waals surface area (Å²) in [5.74, 6) is 1.58. The summed E-state index contributed by atoms with van der Waals surface area (Å²) in [5.41, 5.74) is 0. The van der Waals surface area contributed by atoms with E-state index in [-0.39, 0.29) is 0 Å². The van der Waals surface area contributed by atoms with Crippen LogP contribution in [0.1, 0.15) is 52.9 Å². The van der Waals surface area contributed by atoms with Crippen molar-refractivity contribution in [1.29, 1.82) is 0 Å². The number of likely N-dealkylation sites (tertiary alicyclic amines) is 1. The highest BCUT2D eigenvalue weighted by Gasteiger charge is 2.08. The van der Waals surface area contributed by atoms with Gasteiger partial charge in [0.15, 0.2) is 5.96 Å². The number of nitrogens with one attached hydrogen (secondary N) is 2. The number of hydrogen-bond acceptors (Lipinski definition) is 2. The number of hydrogen-bond donors (Lipinski definition) is 2. The molecule has 118 valence electrons. The van der Waals surface area contributed by atoms with Crippen molar-refractivity contribution in [2.45, 2.75) is 52.9 Å². The molecule has 1 aliphatic heterocycles. The van der Waals surface area contributed by atoms with Crippen molar-refractivity contribution < 1.29 is 0 Å². The average molecular weight is 282 g/mol. The molecule has 0 aromatic heterocycles. The largest absolute Gasteiger partial charge is 0.357 e. The van der Waals surface area contributed by atoms with Crippen LogP contribution in [0.4, 0.5) is 0 Å². The van der Waals surface area contributed by atoms with Gasteiger partial charge < -0.3 is 15.5 Å². The molecule has 0 aliphatic carbocycles. The van der Waals surface area contributed by atoms with Gasteiger partial charge in [-0.05, 0) is 51.7 Å². The molecule has 4 heteroatoms. The van der Waals surface area contributed by atoms with E-state index >= 15 is 0 Å². The topological polar surface area (TPSA) is 39.7 Å². The summed E-state index contributed by atoms with van der Waals surface area (Å²) in [6, 6.07) is 0. The molecule has 1 rings (SSSR count). The van der Waals surface area contributed by atoms with Crippen LogP contribution < -0.4 is 10.6 Å². The highest BCUT2D eigenvalue weighted by molar-refractivity contribution is 5.79. The minimum Gasteiger partial charge on any atom is -0.357 e. The summed E-state index contributed by atoms with van der Waals surface area (Å²) in [7, 11) is 0. The molecule has 1 aliphatic rings. The van der Waals surface area contributed by atoms with Crippen LogP contribution in [-0.4, -0.2) is 50.1 Å². The second-order valence-electron chi connectivity index (χ2n) is 6.15. The van der Waals surface area contributed by atoms with Crippen LogP contribution in [0.5, 0.6) is 0 Å². The number of aliphatic imine (C=N–C) groups is 1. The van der Waals surface area contributed by atoms with E-state index in [1.165, 1.54) is 51.7 Å². The molecule has 2 N–H and O–H groups in total. The van der Waals surface area contributed by atoms with E-state index in [0.717, 1.165) is 25.6 Å². The molecule has 1 fully saturated rings. The fourth-order valence-electron chi connectivity index (χ4n) is 2.48. The molecule has 1 saturated heterocycles.